The summed E-state index contributed by atoms with van der Waals surface area (Å²) in [6.45, 7) is 0.00162. The maximum atomic E-state index is 12.3. The van der Waals surface area contributed by atoms with Crippen molar-refractivity contribution >= 4 is 46.1 Å². The van der Waals surface area contributed by atoms with Crippen molar-refractivity contribution in [2.45, 2.75) is 6.54 Å². The van der Waals surface area contributed by atoms with Crippen LogP contribution in [0.4, 0.5) is 10.5 Å². The zero-order valence-corrected chi connectivity index (χ0v) is 16.1. The van der Waals surface area contributed by atoms with Crippen LogP contribution in [-0.2, 0) is 11.3 Å². The van der Waals surface area contributed by atoms with Crippen LogP contribution < -0.4 is 15.0 Å². The van der Waals surface area contributed by atoms with E-state index in [9.17, 15) is 19.5 Å². The Hall–Kier alpha value is -3.52. The number of urea groups is 1. The summed E-state index contributed by atoms with van der Waals surface area (Å²) in [5.41, 5.74) is 1.17. The number of ether oxygens (including phenoxy) is 1. The molecule has 29 heavy (non-hydrogen) atoms. The first-order valence-electron chi connectivity index (χ1n) is 8.69. The molecular formula is C20H16ClN3O5. The van der Waals surface area contributed by atoms with E-state index in [0.29, 0.717) is 21.7 Å². The van der Waals surface area contributed by atoms with Crippen LogP contribution in [0.1, 0.15) is 16.1 Å². The first kappa shape index (κ1) is 18.8. The van der Waals surface area contributed by atoms with E-state index in [1.165, 1.54) is 0 Å². The van der Waals surface area contributed by atoms with Gasteiger partial charge in [0, 0.05) is 17.0 Å². The van der Waals surface area contributed by atoms with Crippen molar-refractivity contribution in [1.82, 2.24) is 9.88 Å². The predicted molar refractivity (Wildman–Crippen MR) is 107 cm³/mol. The maximum Gasteiger partial charge on any atom is 0.354 e. The smallest absolute Gasteiger partial charge is 0.354 e. The first-order chi connectivity index (χ1) is 13.9. The van der Waals surface area contributed by atoms with Crippen molar-refractivity contribution in [3.63, 3.8) is 0 Å². The Morgan fingerprint density at radius 3 is 2.69 bits per heavy atom. The molecular weight excluding hydrogens is 398 g/mol. The summed E-state index contributed by atoms with van der Waals surface area (Å²) in [5.74, 6) is -1.16. The molecule has 148 valence electrons. The number of imide groups is 1. The summed E-state index contributed by atoms with van der Waals surface area (Å²) in [6.07, 6.45) is 0. The van der Waals surface area contributed by atoms with E-state index in [2.05, 4.69) is 5.32 Å². The lowest BCUT2D eigenvalue weighted by Crippen LogP contribution is -2.32. The molecule has 0 radical (unpaired) electrons. The zero-order valence-electron chi connectivity index (χ0n) is 15.3. The highest BCUT2D eigenvalue weighted by atomic mass is 35.5. The van der Waals surface area contributed by atoms with Gasteiger partial charge in [0.2, 0.25) is 0 Å². The molecule has 8 nitrogen and oxygen atoms in total. The highest BCUT2D eigenvalue weighted by Gasteiger charge is 2.37. The minimum Gasteiger partial charge on any atom is -0.497 e. The number of aromatic carboxylic acids is 1. The van der Waals surface area contributed by atoms with Gasteiger partial charge in [0.1, 0.15) is 5.75 Å². The Morgan fingerprint density at radius 2 is 2.03 bits per heavy atom. The molecule has 0 unspecified atom stereocenters. The van der Waals surface area contributed by atoms with E-state index >= 15 is 0 Å². The Kier molecular flexibility index (Phi) is 4.63. The number of methoxy groups -OCH3 is 1. The number of aromatic nitrogens is 1. The second-order valence-corrected chi connectivity index (χ2v) is 6.93. The highest BCUT2D eigenvalue weighted by molar-refractivity contribution is 6.32. The number of rotatable bonds is 5. The summed E-state index contributed by atoms with van der Waals surface area (Å²) in [4.78, 5) is 37.7. The minimum atomic E-state index is -1.26. The SMILES string of the molecule is COc1cccc(Cn2c(C(=O)O)c(N3C(=O)CNC3=O)c3cc(Cl)ccc32)c1. The Bertz CT molecular complexity index is 1150. The van der Waals surface area contributed by atoms with Gasteiger partial charge in [-0.25, -0.2) is 14.5 Å². The number of anilines is 1. The second-order valence-electron chi connectivity index (χ2n) is 6.49. The van der Waals surface area contributed by atoms with Crippen LogP contribution in [0, 0.1) is 0 Å². The van der Waals surface area contributed by atoms with Crippen molar-refractivity contribution < 1.29 is 24.2 Å². The van der Waals surface area contributed by atoms with Crippen LogP contribution in [0.5, 0.6) is 5.75 Å². The van der Waals surface area contributed by atoms with Crippen molar-refractivity contribution in [2.24, 2.45) is 0 Å². The lowest BCUT2D eigenvalue weighted by Gasteiger charge is -2.14. The summed E-state index contributed by atoms with van der Waals surface area (Å²) in [5, 5.41) is 13.2. The van der Waals surface area contributed by atoms with Gasteiger partial charge in [-0.3, -0.25) is 4.79 Å². The average Bonchev–Trinajstić information content (AvgIpc) is 3.18. The molecule has 0 atom stereocenters. The van der Waals surface area contributed by atoms with Gasteiger partial charge in [0.05, 0.1) is 24.9 Å². The number of carbonyl (C=O) groups excluding carboxylic acids is 2. The van der Waals surface area contributed by atoms with Gasteiger partial charge >= 0.3 is 12.0 Å². The lowest BCUT2D eigenvalue weighted by molar-refractivity contribution is -0.115. The number of nitrogens with zero attached hydrogens (tertiary/aromatic N) is 2. The lowest BCUT2D eigenvalue weighted by atomic mass is 10.2. The average molecular weight is 414 g/mol. The second kappa shape index (κ2) is 7.14. The van der Waals surface area contributed by atoms with Crippen LogP contribution in [0.2, 0.25) is 5.02 Å². The maximum absolute atomic E-state index is 12.3. The Balaban J connectivity index is 1.99. The minimum absolute atomic E-state index is 0.0119. The topological polar surface area (TPSA) is 101 Å². The molecule has 9 heteroatoms. The van der Waals surface area contributed by atoms with Gasteiger partial charge in [-0.05, 0) is 35.9 Å². The van der Waals surface area contributed by atoms with E-state index in [1.807, 2.05) is 6.07 Å². The van der Waals surface area contributed by atoms with Gasteiger partial charge in [-0.15, -0.1) is 0 Å². The number of carboxylic acid groups (broad SMARTS) is 1. The molecule has 1 aliphatic heterocycles. The first-order valence-corrected chi connectivity index (χ1v) is 9.07. The standard InChI is InChI=1S/C20H16ClN3O5/c1-29-13-4-2-3-11(7-13)10-23-15-6-5-12(21)8-14(15)17(18(23)19(26)27)24-16(25)9-22-20(24)28/h2-8H,9-10H2,1H3,(H,22,28)(H,26,27). The van der Waals surface area contributed by atoms with E-state index in [0.717, 1.165) is 10.5 Å². The summed E-state index contributed by atoms with van der Waals surface area (Å²) >= 11 is 6.13. The van der Waals surface area contributed by atoms with Crippen LogP contribution in [0.25, 0.3) is 10.9 Å². The van der Waals surface area contributed by atoms with Crippen molar-refractivity contribution in [3.8, 4) is 5.75 Å². The van der Waals surface area contributed by atoms with E-state index in [4.69, 9.17) is 16.3 Å². The Morgan fingerprint density at radius 1 is 1.24 bits per heavy atom. The quantitative estimate of drug-likeness (QED) is 0.626. The van der Waals surface area contributed by atoms with Crippen LogP contribution >= 0.6 is 11.6 Å². The summed E-state index contributed by atoms with van der Waals surface area (Å²) in [6, 6.07) is 11.4. The van der Waals surface area contributed by atoms with Crippen molar-refractivity contribution in [2.75, 3.05) is 18.6 Å². The number of hydrogen-bond donors (Lipinski definition) is 2. The molecule has 0 saturated carbocycles. The molecule has 3 amide bonds. The molecule has 1 fully saturated rings. The van der Waals surface area contributed by atoms with Crippen molar-refractivity contribution in [3.05, 3.63) is 58.7 Å². The van der Waals surface area contributed by atoms with E-state index in [-0.39, 0.29) is 24.5 Å². The fourth-order valence-electron chi connectivity index (χ4n) is 3.52. The van der Waals surface area contributed by atoms with Gasteiger partial charge in [-0.2, -0.15) is 0 Å². The number of nitrogens with one attached hydrogen (secondary N) is 1. The predicted octanol–water partition coefficient (Wildman–Crippen LogP) is 3.11. The van der Waals surface area contributed by atoms with Crippen LogP contribution in [0.3, 0.4) is 0 Å². The highest BCUT2D eigenvalue weighted by Crippen LogP contribution is 2.37. The molecule has 2 N–H and O–H groups in total. The largest absolute Gasteiger partial charge is 0.497 e. The number of carbonyl (C=O) groups is 3. The third-order valence-electron chi connectivity index (χ3n) is 4.74. The number of fused-ring (bicyclic) bond motifs is 1. The number of amides is 3. The van der Waals surface area contributed by atoms with Gasteiger partial charge < -0.3 is 19.7 Å². The van der Waals surface area contributed by atoms with Crippen LogP contribution in [-0.4, -0.2) is 41.2 Å². The molecule has 1 saturated heterocycles. The molecule has 1 aliphatic rings. The molecule has 0 spiro atoms. The summed E-state index contributed by atoms with van der Waals surface area (Å²) in [7, 11) is 1.55. The van der Waals surface area contributed by atoms with Gasteiger partial charge in [0.15, 0.2) is 5.69 Å². The molecule has 2 aromatic carbocycles. The fraction of sp³-hybridized carbons (Fsp3) is 0.150. The van der Waals surface area contributed by atoms with E-state index < -0.39 is 17.9 Å². The number of carboxylic acids is 1. The zero-order chi connectivity index (χ0) is 20.7. The van der Waals surface area contributed by atoms with E-state index in [1.54, 1.807) is 48.1 Å². The molecule has 4 rings (SSSR count). The van der Waals surface area contributed by atoms with Gasteiger partial charge in [-0.1, -0.05) is 23.7 Å². The third-order valence-corrected chi connectivity index (χ3v) is 4.98. The third kappa shape index (κ3) is 3.17. The monoisotopic (exact) mass is 413 g/mol. The molecule has 0 aliphatic carbocycles. The molecule has 1 aromatic heterocycles. The molecule has 2 heterocycles. The number of benzene rings is 2. The van der Waals surface area contributed by atoms with Gasteiger partial charge in [0.25, 0.3) is 5.91 Å². The normalized spacial score (nSPS) is 13.8. The Labute approximate surface area is 170 Å². The van der Waals surface area contributed by atoms with Crippen molar-refractivity contribution in [1.29, 1.82) is 0 Å². The molecule has 0 bridgehead atoms. The number of hydrogen-bond acceptors (Lipinski definition) is 4. The summed E-state index contributed by atoms with van der Waals surface area (Å²) < 4.78 is 6.79. The molecule has 3 aromatic rings. The fourth-order valence-corrected chi connectivity index (χ4v) is 3.69. The van der Waals surface area contributed by atoms with Crippen LogP contribution in [0.15, 0.2) is 42.5 Å². The number of halogens is 1.